The third-order valence-corrected chi connectivity index (χ3v) is 5.01. The lowest BCUT2D eigenvalue weighted by Crippen LogP contribution is -2.45. The highest BCUT2D eigenvalue weighted by molar-refractivity contribution is 7.88. The van der Waals surface area contributed by atoms with Crippen molar-refractivity contribution < 1.29 is 8.42 Å². The number of nitriles is 1. The van der Waals surface area contributed by atoms with Gasteiger partial charge in [0.15, 0.2) is 0 Å². The van der Waals surface area contributed by atoms with Gasteiger partial charge >= 0.3 is 0 Å². The Labute approximate surface area is 114 Å². The van der Waals surface area contributed by atoms with Crippen molar-refractivity contribution in [3.8, 4) is 6.07 Å². The standard InChI is InChI=1S/C14H18N2O2S/c1-14(2,13-7-8-13)16-19(17,18)10-12-5-3-11(9-15)4-6-12/h3-6,13,16H,7-8,10H2,1-2H3. The van der Waals surface area contributed by atoms with E-state index in [9.17, 15) is 8.42 Å². The molecular formula is C14H18N2O2S. The second-order valence-corrected chi connectivity index (χ2v) is 7.39. The first-order valence-corrected chi connectivity index (χ1v) is 7.98. The number of rotatable bonds is 5. The average molecular weight is 278 g/mol. The second kappa shape index (κ2) is 4.95. The highest BCUT2D eigenvalue weighted by atomic mass is 32.2. The predicted molar refractivity (Wildman–Crippen MR) is 73.7 cm³/mol. The number of benzene rings is 1. The van der Waals surface area contributed by atoms with E-state index in [1.165, 1.54) is 0 Å². The smallest absolute Gasteiger partial charge is 0.212 e. The number of nitrogens with one attached hydrogen (secondary N) is 1. The number of sulfonamides is 1. The zero-order valence-corrected chi connectivity index (χ0v) is 12.0. The van der Waals surface area contributed by atoms with E-state index in [1.54, 1.807) is 24.3 Å². The van der Waals surface area contributed by atoms with E-state index in [4.69, 9.17) is 5.26 Å². The van der Waals surface area contributed by atoms with Crippen LogP contribution in [0.4, 0.5) is 0 Å². The molecule has 0 bridgehead atoms. The Morgan fingerprint density at radius 3 is 2.37 bits per heavy atom. The molecule has 0 aliphatic heterocycles. The minimum absolute atomic E-state index is 0.0468. The van der Waals surface area contributed by atoms with Crippen LogP contribution < -0.4 is 4.72 Å². The van der Waals surface area contributed by atoms with Crippen molar-refractivity contribution in [3.63, 3.8) is 0 Å². The van der Waals surface area contributed by atoms with Gasteiger partial charge in [0, 0.05) is 5.54 Å². The molecule has 0 aromatic heterocycles. The Kier molecular flexibility index (Phi) is 3.66. The Balaban J connectivity index is 2.06. The molecule has 0 atom stereocenters. The number of hydrogen-bond acceptors (Lipinski definition) is 3. The molecule has 1 saturated carbocycles. The molecule has 19 heavy (non-hydrogen) atoms. The molecule has 1 aromatic carbocycles. The Bertz CT molecular complexity index is 593. The molecule has 0 saturated heterocycles. The molecule has 0 amide bonds. The maximum Gasteiger partial charge on any atom is 0.216 e. The van der Waals surface area contributed by atoms with Crippen molar-refractivity contribution in [2.75, 3.05) is 0 Å². The van der Waals surface area contributed by atoms with Crippen LogP contribution in [0, 0.1) is 17.2 Å². The van der Waals surface area contributed by atoms with Gasteiger partial charge in [-0.15, -0.1) is 0 Å². The van der Waals surface area contributed by atoms with E-state index in [1.807, 2.05) is 19.9 Å². The molecule has 0 spiro atoms. The third-order valence-electron chi connectivity index (χ3n) is 3.46. The summed E-state index contributed by atoms with van der Waals surface area (Å²) in [6.45, 7) is 3.86. The maximum absolute atomic E-state index is 12.1. The van der Waals surface area contributed by atoms with Gasteiger partial charge in [-0.2, -0.15) is 5.26 Å². The number of nitrogens with zero attached hydrogens (tertiary/aromatic N) is 1. The predicted octanol–water partition coefficient (Wildman–Crippen LogP) is 2.17. The van der Waals surface area contributed by atoms with Crippen LogP contribution in [0.5, 0.6) is 0 Å². The molecule has 0 heterocycles. The Hall–Kier alpha value is -1.38. The molecule has 0 radical (unpaired) electrons. The molecule has 1 N–H and O–H groups in total. The third kappa shape index (κ3) is 3.79. The summed E-state index contributed by atoms with van der Waals surface area (Å²) in [7, 11) is -3.35. The zero-order chi connectivity index (χ0) is 14.1. The molecule has 1 aromatic rings. The van der Waals surface area contributed by atoms with Crippen LogP contribution in [0.1, 0.15) is 37.8 Å². The second-order valence-electron chi connectivity index (χ2n) is 5.67. The molecular weight excluding hydrogens is 260 g/mol. The van der Waals surface area contributed by atoms with Crippen LogP contribution in [0.15, 0.2) is 24.3 Å². The van der Waals surface area contributed by atoms with Gasteiger partial charge in [0.05, 0.1) is 17.4 Å². The molecule has 4 nitrogen and oxygen atoms in total. The topological polar surface area (TPSA) is 70.0 Å². The first-order valence-electron chi connectivity index (χ1n) is 6.33. The lowest BCUT2D eigenvalue weighted by Gasteiger charge is -2.25. The SMILES string of the molecule is CC(C)(NS(=O)(=O)Cc1ccc(C#N)cc1)C1CC1. The summed E-state index contributed by atoms with van der Waals surface area (Å²) in [5, 5.41) is 8.70. The quantitative estimate of drug-likeness (QED) is 0.897. The monoisotopic (exact) mass is 278 g/mol. The van der Waals surface area contributed by atoms with Crippen molar-refractivity contribution in [3.05, 3.63) is 35.4 Å². The van der Waals surface area contributed by atoms with Gasteiger partial charge in [-0.1, -0.05) is 12.1 Å². The van der Waals surface area contributed by atoms with Crippen LogP contribution >= 0.6 is 0 Å². The van der Waals surface area contributed by atoms with Gasteiger partial charge in [-0.3, -0.25) is 0 Å². The van der Waals surface area contributed by atoms with E-state index in [2.05, 4.69) is 4.72 Å². The highest BCUT2D eigenvalue weighted by Gasteiger charge is 2.40. The van der Waals surface area contributed by atoms with Crippen molar-refractivity contribution in [2.45, 2.75) is 38.0 Å². The summed E-state index contributed by atoms with van der Waals surface area (Å²) < 4.78 is 27.0. The average Bonchev–Trinajstić information content (AvgIpc) is 3.11. The summed E-state index contributed by atoms with van der Waals surface area (Å²) in [4.78, 5) is 0. The lowest BCUT2D eigenvalue weighted by molar-refractivity contribution is 0.400. The van der Waals surface area contributed by atoms with Crippen LogP contribution in [0.3, 0.4) is 0 Å². The summed E-state index contributed by atoms with van der Waals surface area (Å²) in [5.41, 5.74) is 0.858. The molecule has 1 fully saturated rings. The van der Waals surface area contributed by atoms with Gasteiger partial charge in [-0.25, -0.2) is 13.1 Å². The van der Waals surface area contributed by atoms with Gasteiger partial charge in [0.2, 0.25) is 10.0 Å². The summed E-state index contributed by atoms with van der Waals surface area (Å²) in [5.74, 6) is 0.401. The normalized spacial score (nSPS) is 16.1. The minimum atomic E-state index is -3.35. The maximum atomic E-state index is 12.1. The summed E-state index contributed by atoms with van der Waals surface area (Å²) in [6, 6.07) is 8.65. The van der Waals surface area contributed by atoms with Gasteiger partial charge in [0.25, 0.3) is 0 Å². The summed E-state index contributed by atoms with van der Waals surface area (Å²) in [6.07, 6.45) is 2.18. The molecule has 5 heteroatoms. The molecule has 0 unspecified atom stereocenters. The van der Waals surface area contributed by atoms with E-state index in [-0.39, 0.29) is 11.3 Å². The fourth-order valence-electron chi connectivity index (χ4n) is 2.22. The van der Waals surface area contributed by atoms with Gasteiger partial charge in [0.1, 0.15) is 0 Å². The van der Waals surface area contributed by atoms with Crippen LogP contribution in [-0.2, 0) is 15.8 Å². The van der Waals surface area contributed by atoms with Crippen molar-refractivity contribution in [1.29, 1.82) is 5.26 Å². The van der Waals surface area contributed by atoms with Crippen molar-refractivity contribution in [2.24, 2.45) is 5.92 Å². The highest BCUT2D eigenvalue weighted by Crippen LogP contribution is 2.39. The minimum Gasteiger partial charge on any atom is -0.212 e. The van der Waals surface area contributed by atoms with Crippen molar-refractivity contribution in [1.82, 2.24) is 4.72 Å². The van der Waals surface area contributed by atoms with Crippen LogP contribution in [0.2, 0.25) is 0 Å². The van der Waals surface area contributed by atoms with E-state index < -0.39 is 10.0 Å². The lowest BCUT2D eigenvalue weighted by atomic mass is 10.0. The first kappa shape index (κ1) is 14.0. The van der Waals surface area contributed by atoms with Gasteiger partial charge in [-0.05, 0) is 50.3 Å². The van der Waals surface area contributed by atoms with E-state index >= 15 is 0 Å². The number of hydrogen-bond donors (Lipinski definition) is 1. The largest absolute Gasteiger partial charge is 0.216 e. The molecule has 2 rings (SSSR count). The van der Waals surface area contributed by atoms with Crippen LogP contribution in [-0.4, -0.2) is 14.0 Å². The molecule has 1 aliphatic carbocycles. The van der Waals surface area contributed by atoms with E-state index in [0.29, 0.717) is 17.0 Å². The fraction of sp³-hybridized carbons (Fsp3) is 0.500. The van der Waals surface area contributed by atoms with Gasteiger partial charge < -0.3 is 0 Å². The van der Waals surface area contributed by atoms with E-state index in [0.717, 1.165) is 12.8 Å². The molecule has 1 aliphatic rings. The first-order chi connectivity index (χ1) is 8.82. The molecule has 102 valence electrons. The Morgan fingerprint density at radius 1 is 1.32 bits per heavy atom. The Morgan fingerprint density at radius 2 is 1.89 bits per heavy atom. The summed E-state index contributed by atoms with van der Waals surface area (Å²) >= 11 is 0. The fourth-order valence-corrected chi connectivity index (χ4v) is 3.89. The zero-order valence-electron chi connectivity index (χ0n) is 11.2. The van der Waals surface area contributed by atoms with Crippen LogP contribution in [0.25, 0.3) is 0 Å². The van der Waals surface area contributed by atoms with Crippen molar-refractivity contribution >= 4 is 10.0 Å².